The summed E-state index contributed by atoms with van der Waals surface area (Å²) in [6.45, 7) is 8.74. The summed E-state index contributed by atoms with van der Waals surface area (Å²) >= 11 is 0. The fourth-order valence-corrected chi connectivity index (χ4v) is 2.82. The van der Waals surface area contributed by atoms with Gasteiger partial charge in [0, 0.05) is 12.5 Å². The molecular formula is C16H30N2O3. The predicted octanol–water partition coefficient (Wildman–Crippen LogP) is 1.96. The number of unbranched alkanes of at least 4 members (excludes halogenated alkanes) is 1. The number of amides is 1. The highest BCUT2D eigenvalue weighted by atomic mass is 16.5. The maximum absolute atomic E-state index is 12.0. The van der Waals surface area contributed by atoms with E-state index in [0.29, 0.717) is 6.61 Å². The number of nitrogens with one attached hydrogen (secondary N) is 1. The summed E-state index contributed by atoms with van der Waals surface area (Å²) in [4.78, 5) is 26.1. The normalized spacial score (nSPS) is 18.2. The second-order valence-electron chi connectivity index (χ2n) is 5.63. The SMILES string of the molecule is CCCCNC(=O)C1CCN(C(CC)C(=O)OCC)CC1. The van der Waals surface area contributed by atoms with Crippen molar-refractivity contribution < 1.29 is 14.3 Å². The first kappa shape index (κ1) is 18.0. The van der Waals surface area contributed by atoms with E-state index in [1.54, 1.807) is 0 Å². The molecular weight excluding hydrogens is 268 g/mol. The molecule has 1 rings (SSSR count). The standard InChI is InChI=1S/C16H30N2O3/c1-4-7-10-17-15(19)13-8-11-18(12-9-13)14(5-2)16(20)21-6-3/h13-14H,4-12H2,1-3H3,(H,17,19). The molecule has 1 aliphatic heterocycles. The molecule has 21 heavy (non-hydrogen) atoms. The topological polar surface area (TPSA) is 58.6 Å². The lowest BCUT2D eigenvalue weighted by Crippen LogP contribution is -2.48. The number of ether oxygens (including phenoxy) is 1. The average Bonchev–Trinajstić information content (AvgIpc) is 2.49. The van der Waals surface area contributed by atoms with Crippen LogP contribution < -0.4 is 5.32 Å². The highest BCUT2D eigenvalue weighted by molar-refractivity contribution is 5.79. The molecule has 1 saturated heterocycles. The molecule has 1 unspecified atom stereocenters. The fraction of sp³-hybridized carbons (Fsp3) is 0.875. The molecule has 1 fully saturated rings. The van der Waals surface area contributed by atoms with Crippen molar-refractivity contribution in [3.63, 3.8) is 0 Å². The van der Waals surface area contributed by atoms with Crippen molar-refractivity contribution in [1.82, 2.24) is 10.2 Å². The molecule has 0 aromatic rings. The van der Waals surface area contributed by atoms with Gasteiger partial charge in [-0.05, 0) is 45.7 Å². The molecule has 1 atom stereocenters. The van der Waals surface area contributed by atoms with Gasteiger partial charge in [-0.2, -0.15) is 0 Å². The fourth-order valence-electron chi connectivity index (χ4n) is 2.82. The van der Waals surface area contributed by atoms with Gasteiger partial charge in [0.25, 0.3) is 0 Å². The lowest BCUT2D eigenvalue weighted by Gasteiger charge is -2.35. The lowest BCUT2D eigenvalue weighted by molar-refractivity contribution is -0.150. The summed E-state index contributed by atoms with van der Waals surface area (Å²) in [6.07, 6.45) is 4.54. The van der Waals surface area contributed by atoms with Gasteiger partial charge < -0.3 is 10.1 Å². The molecule has 0 aromatic heterocycles. The Balaban J connectivity index is 2.39. The van der Waals surface area contributed by atoms with Crippen LogP contribution in [0.15, 0.2) is 0 Å². The first-order valence-electron chi connectivity index (χ1n) is 8.32. The molecule has 0 aromatic carbocycles. The van der Waals surface area contributed by atoms with Crippen LogP contribution in [0, 0.1) is 5.92 Å². The van der Waals surface area contributed by atoms with Crippen LogP contribution in [0.5, 0.6) is 0 Å². The zero-order valence-corrected chi connectivity index (χ0v) is 13.7. The van der Waals surface area contributed by atoms with Crippen molar-refractivity contribution in [3.05, 3.63) is 0 Å². The van der Waals surface area contributed by atoms with Gasteiger partial charge in [0.15, 0.2) is 0 Å². The second-order valence-corrected chi connectivity index (χ2v) is 5.63. The molecule has 5 nitrogen and oxygen atoms in total. The summed E-state index contributed by atoms with van der Waals surface area (Å²) < 4.78 is 5.13. The van der Waals surface area contributed by atoms with E-state index in [1.807, 2.05) is 13.8 Å². The Bertz CT molecular complexity index is 325. The van der Waals surface area contributed by atoms with E-state index in [0.717, 1.165) is 51.7 Å². The van der Waals surface area contributed by atoms with E-state index in [4.69, 9.17) is 4.74 Å². The first-order valence-corrected chi connectivity index (χ1v) is 8.32. The number of likely N-dealkylation sites (tertiary alicyclic amines) is 1. The quantitative estimate of drug-likeness (QED) is 0.550. The van der Waals surface area contributed by atoms with E-state index in [-0.39, 0.29) is 23.8 Å². The third kappa shape index (κ3) is 5.65. The third-order valence-electron chi connectivity index (χ3n) is 4.12. The van der Waals surface area contributed by atoms with Crippen molar-refractivity contribution in [2.45, 2.75) is 58.9 Å². The Kier molecular flexibility index (Phi) is 8.35. The molecule has 1 aliphatic rings. The van der Waals surface area contributed by atoms with E-state index in [2.05, 4.69) is 17.1 Å². The molecule has 0 radical (unpaired) electrons. The molecule has 0 bridgehead atoms. The van der Waals surface area contributed by atoms with Crippen molar-refractivity contribution in [3.8, 4) is 0 Å². The van der Waals surface area contributed by atoms with Gasteiger partial charge in [0.2, 0.25) is 5.91 Å². The number of esters is 1. The van der Waals surface area contributed by atoms with Crippen LogP contribution in [0.3, 0.4) is 0 Å². The van der Waals surface area contributed by atoms with Crippen LogP contribution in [0.4, 0.5) is 0 Å². The predicted molar refractivity (Wildman–Crippen MR) is 82.9 cm³/mol. The summed E-state index contributed by atoms with van der Waals surface area (Å²) in [7, 11) is 0. The van der Waals surface area contributed by atoms with Crippen molar-refractivity contribution in [2.75, 3.05) is 26.2 Å². The number of rotatable bonds is 8. The number of hydrogen-bond acceptors (Lipinski definition) is 4. The minimum absolute atomic E-state index is 0.0952. The van der Waals surface area contributed by atoms with Crippen molar-refractivity contribution in [1.29, 1.82) is 0 Å². The minimum Gasteiger partial charge on any atom is -0.465 e. The van der Waals surface area contributed by atoms with E-state index >= 15 is 0 Å². The van der Waals surface area contributed by atoms with E-state index in [9.17, 15) is 9.59 Å². The van der Waals surface area contributed by atoms with Crippen molar-refractivity contribution >= 4 is 11.9 Å². The maximum Gasteiger partial charge on any atom is 0.323 e. The van der Waals surface area contributed by atoms with Crippen LogP contribution in [0.2, 0.25) is 0 Å². The molecule has 1 heterocycles. The molecule has 1 N–H and O–H groups in total. The lowest BCUT2D eigenvalue weighted by atomic mass is 9.94. The monoisotopic (exact) mass is 298 g/mol. The second kappa shape index (κ2) is 9.77. The first-order chi connectivity index (χ1) is 10.1. The number of hydrogen-bond donors (Lipinski definition) is 1. The highest BCUT2D eigenvalue weighted by Crippen LogP contribution is 2.21. The van der Waals surface area contributed by atoms with Gasteiger partial charge in [-0.15, -0.1) is 0 Å². The molecule has 5 heteroatoms. The molecule has 1 amide bonds. The highest BCUT2D eigenvalue weighted by Gasteiger charge is 2.31. The maximum atomic E-state index is 12.0. The molecule has 0 spiro atoms. The summed E-state index contributed by atoms with van der Waals surface area (Å²) in [5.74, 6) is 0.135. The van der Waals surface area contributed by atoms with E-state index < -0.39 is 0 Å². The minimum atomic E-state index is -0.158. The van der Waals surface area contributed by atoms with Crippen LogP contribution in [0.1, 0.15) is 52.9 Å². The Hall–Kier alpha value is -1.10. The number of carbonyl (C=O) groups excluding carboxylic acids is 2. The smallest absolute Gasteiger partial charge is 0.323 e. The largest absolute Gasteiger partial charge is 0.465 e. The van der Waals surface area contributed by atoms with E-state index in [1.165, 1.54) is 0 Å². The number of nitrogens with zero attached hydrogens (tertiary/aromatic N) is 1. The summed E-state index contributed by atoms with van der Waals surface area (Å²) in [5.41, 5.74) is 0. The number of carbonyl (C=O) groups is 2. The van der Waals surface area contributed by atoms with Crippen LogP contribution in [0.25, 0.3) is 0 Å². The Morgan fingerprint density at radius 2 is 1.90 bits per heavy atom. The van der Waals surface area contributed by atoms with Gasteiger partial charge >= 0.3 is 5.97 Å². The average molecular weight is 298 g/mol. The third-order valence-corrected chi connectivity index (χ3v) is 4.12. The molecule has 122 valence electrons. The zero-order chi connectivity index (χ0) is 15.7. The van der Waals surface area contributed by atoms with Crippen LogP contribution >= 0.6 is 0 Å². The van der Waals surface area contributed by atoms with Gasteiger partial charge in [0.1, 0.15) is 6.04 Å². The molecule has 0 aliphatic carbocycles. The van der Waals surface area contributed by atoms with Crippen molar-refractivity contribution in [2.24, 2.45) is 5.92 Å². The van der Waals surface area contributed by atoms with Gasteiger partial charge in [-0.1, -0.05) is 20.3 Å². The van der Waals surface area contributed by atoms with Gasteiger partial charge in [0.05, 0.1) is 6.61 Å². The summed E-state index contributed by atoms with van der Waals surface area (Å²) in [6, 6.07) is -0.158. The van der Waals surface area contributed by atoms with Gasteiger partial charge in [-0.3, -0.25) is 14.5 Å². The van der Waals surface area contributed by atoms with Crippen LogP contribution in [-0.2, 0) is 14.3 Å². The number of piperidine rings is 1. The Morgan fingerprint density at radius 1 is 1.24 bits per heavy atom. The zero-order valence-electron chi connectivity index (χ0n) is 13.7. The molecule has 0 saturated carbocycles. The Morgan fingerprint density at radius 3 is 2.43 bits per heavy atom. The van der Waals surface area contributed by atoms with Gasteiger partial charge in [-0.25, -0.2) is 0 Å². The summed E-state index contributed by atoms with van der Waals surface area (Å²) in [5, 5.41) is 3.01. The van der Waals surface area contributed by atoms with Crippen LogP contribution in [-0.4, -0.2) is 49.1 Å². The Labute approximate surface area is 128 Å².